The molecule has 0 radical (unpaired) electrons. The van der Waals surface area contributed by atoms with E-state index in [0.717, 1.165) is 5.56 Å². The summed E-state index contributed by atoms with van der Waals surface area (Å²) in [5, 5.41) is 3.55. The molecule has 0 spiro atoms. The number of rotatable bonds is 4. The Morgan fingerprint density at radius 1 is 1.15 bits per heavy atom. The molecule has 0 fully saturated rings. The second kappa shape index (κ2) is 6.56. The Morgan fingerprint density at radius 2 is 1.90 bits per heavy atom. The van der Waals surface area contributed by atoms with Crippen LogP contribution in [0.25, 0.3) is 0 Å². The molecule has 0 aliphatic heterocycles. The van der Waals surface area contributed by atoms with Crippen molar-refractivity contribution in [3.8, 4) is 0 Å². The van der Waals surface area contributed by atoms with Crippen molar-refractivity contribution in [1.29, 1.82) is 0 Å². The minimum Gasteiger partial charge on any atom is -0.347 e. The number of nitrogens with zero attached hydrogens (tertiary/aromatic N) is 1. The number of aromatic nitrogens is 1. The van der Waals surface area contributed by atoms with E-state index in [9.17, 15) is 4.79 Å². The predicted molar refractivity (Wildman–Crippen MR) is 79.7 cm³/mol. The van der Waals surface area contributed by atoms with Crippen LogP contribution in [0.2, 0.25) is 10.0 Å². The maximum Gasteiger partial charge on any atom is 0.271 e. The van der Waals surface area contributed by atoms with Crippen molar-refractivity contribution in [3.05, 3.63) is 57.7 Å². The highest BCUT2D eigenvalue weighted by Gasteiger charge is 2.13. The first kappa shape index (κ1) is 14.6. The van der Waals surface area contributed by atoms with Crippen molar-refractivity contribution in [2.24, 2.45) is 5.84 Å². The fourth-order valence-corrected chi connectivity index (χ4v) is 1.98. The number of carbonyl (C=O) groups excluding carboxylic acids is 1. The Hall–Kier alpha value is -1.82. The molecule has 20 heavy (non-hydrogen) atoms. The number of pyridine rings is 1. The maximum atomic E-state index is 12.0. The van der Waals surface area contributed by atoms with Gasteiger partial charge >= 0.3 is 0 Å². The first-order valence-electron chi connectivity index (χ1n) is 5.76. The Bertz CT molecular complexity index is 634. The van der Waals surface area contributed by atoms with Crippen molar-refractivity contribution in [1.82, 2.24) is 10.3 Å². The molecule has 0 aliphatic rings. The Kier molecular flexibility index (Phi) is 4.79. The molecule has 0 aliphatic carbocycles. The second-order valence-corrected chi connectivity index (χ2v) is 4.76. The molecule has 1 amide bonds. The van der Waals surface area contributed by atoms with Gasteiger partial charge < -0.3 is 10.7 Å². The molecule has 2 aromatic rings. The number of nitrogens with one attached hydrogen (secondary N) is 2. The highest BCUT2D eigenvalue weighted by molar-refractivity contribution is 6.33. The summed E-state index contributed by atoms with van der Waals surface area (Å²) in [7, 11) is 0. The van der Waals surface area contributed by atoms with Gasteiger partial charge in [-0.15, -0.1) is 0 Å². The van der Waals surface area contributed by atoms with Crippen molar-refractivity contribution in [3.63, 3.8) is 0 Å². The number of amides is 1. The third-order valence-electron chi connectivity index (χ3n) is 2.61. The molecule has 1 aromatic carbocycles. The lowest BCUT2D eigenvalue weighted by atomic mass is 10.2. The quantitative estimate of drug-likeness (QED) is 0.599. The number of hydrogen-bond donors (Lipinski definition) is 3. The van der Waals surface area contributed by atoms with Crippen LogP contribution in [0.5, 0.6) is 0 Å². The molecule has 0 saturated heterocycles. The Morgan fingerprint density at radius 3 is 2.60 bits per heavy atom. The third kappa shape index (κ3) is 3.39. The highest BCUT2D eigenvalue weighted by atomic mass is 35.5. The Labute approximate surface area is 126 Å². The van der Waals surface area contributed by atoms with Gasteiger partial charge in [0.1, 0.15) is 11.5 Å². The van der Waals surface area contributed by atoms with E-state index in [1.54, 1.807) is 18.2 Å². The molecule has 1 heterocycles. The van der Waals surface area contributed by atoms with E-state index in [4.69, 9.17) is 29.0 Å². The highest BCUT2D eigenvalue weighted by Crippen LogP contribution is 2.17. The predicted octanol–water partition coefficient (Wildman–Crippen LogP) is 2.60. The lowest BCUT2D eigenvalue weighted by Gasteiger charge is -2.08. The van der Waals surface area contributed by atoms with Crippen LogP contribution in [-0.2, 0) is 6.54 Å². The molecule has 104 valence electrons. The summed E-state index contributed by atoms with van der Waals surface area (Å²) in [5.74, 6) is 5.21. The van der Waals surface area contributed by atoms with Crippen LogP contribution in [-0.4, -0.2) is 10.9 Å². The normalized spacial score (nSPS) is 10.2. The van der Waals surface area contributed by atoms with Crippen molar-refractivity contribution in [2.75, 3.05) is 5.43 Å². The monoisotopic (exact) mass is 310 g/mol. The summed E-state index contributed by atoms with van der Waals surface area (Å²) in [5.41, 5.74) is 3.28. The molecule has 0 atom stereocenters. The van der Waals surface area contributed by atoms with Crippen LogP contribution >= 0.6 is 23.2 Å². The van der Waals surface area contributed by atoms with E-state index in [1.165, 1.54) is 0 Å². The first-order chi connectivity index (χ1) is 9.61. The SMILES string of the molecule is NNc1ccc(Cl)c(C(=O)NCc2ccccc2Cl)n1. The third-order valence-corrected chi connectivity index (χ3v) is 3.28. The molecular formula is C13H12Cl2N4O. The number of hydrazine groups is 1. The molecule has 1 aromatic heterocycles. The smallest absolute Gasteiger partial charge is 0.271 e. The Balaban J connectivity index is 2.11. The van der Waals surface area contributed by atoms with E-state index in [1.807, 2.05) is 18.2 Å². The van der Waals surface area contributed by atoms with Crippen molar-refractivity contribution in [2.45, 2.75) is 6.54 Å². The number of nitrogens with two attached hydrogens (primary N) is 1. The molecule has 0 bridgehead atoms. The summed E-state index contributed by atoms with van der Waals surface area (Å²) < 4.78 is 0. The van der Waals surface area contributed by atoms with E-state index >= 15 is 0 Å². The van der Waals surface area contributed by atoms with Gasteiger partial charge in [-0.1, -0.05) is 41.4 Å². The van der Waals surface area contributed by atoms with Gasteiger partial charge in [0.05, 0.1) is 5.02 Å². The van der Waals surface area contributed by atoms with Gasteiger partial charge in [-0.05, 0) is 23.8 Å². The van der Waals surface area contributed by atoms with Crippen molar-refractivity contribution < 1.29 is 4.79 Å². The molecule has 0 unspecified atom stereocenters. The lowest BCUT2D eigenvalue weighted by Crippen LogP contribution is -2.25. The van der Waals surface area contributed by atoms with Crippen LogP contribution in [0, 0.1) is 0 Å². The summed E-state index contributed by atoms with van der Waals surface area (Å²) in [6, 6.07) is 10.4. The molecule has 0 saturated carbocycles. The van der Waals surface area contributed by atoms with Gasteiger partial charge in [0.15, 0.2) is 0 Å². The molecule has 5 nitrogen and oxygen atoms in total. The number of halogens is 2. The van der Waals surface area contributed by atoms with E-state index in [-0.39, 0.29) is 17.3 Å². The number of benzene rings is 1. The van der Waals surface area contributed by atoms with Crippen LogP contribution in [0.3, 0.4) is 0 Å². The van der Waals surface area contributed by atoms with Gasteiger partial charge in [0, 0.05) is 11.6 Å². The zero-order chi connectivity index (χ0) is 14.5. The zero-order valence-electron chi connectivity index (χ0n) is 10.4. The van der Waals surface area contributed by atoms with Crippen molar-refractivity contribution >= 4 is 34.9 Å². The van der Waals surface area contributed by atoms with Crippen LogP contribution in [0.4, 0.5) is 5.82 Å². The fourth-order valence-electron chi connectivity index (χ4n) is 1.58. The molecule has 4 N–H and O–H groups in total. The number of hydrogen-bond acceptors (Lipinski definition) is 4. The molecular weight excluding hydrogens is 299 g/mol. The van der Waals surface area contributed by atoms with Gasteiger partial charge in [-0.3, -0.25) is 4.79 Å². The lowest BCUT2D eigenvalue weighted by molar-refractivity contribution is 0.0946. The average Bonchev–Trinajstić information content (AvgIpc) is 2.46. The first-order valence-corrected chi connectivity index (χ1v) is 6.52. The van der Waals surface area contributed by atoms with E-state index in [2.05, 4.69) is 15.7 Å². The standard InChI is InChI=1S/C13H12Cl2N4O/c14-9-4-2-1-3-8(9)7-17-13(20)12-10(15)5-6-11(18-12)19-16/h1-6H,7,16H2,(H,17,20)(H,18,19). The zero-order valence-corrected chi connectivity index (χ0v) is 11.9. The topological polar surface area (TPSA) is 80.0 Å². The maximum absolute atomic E-state index is 12.0. The summed E-state index contributed by atoms with van der Waals surface area (Å²) >= 11 is 12.0. The minimum absolute atomic E-state index is 0.106. The van der Waals surface area contributed by atoms with Gasteiger partial charge in [-0.2, -0.15) is 0 Å². The van der Waals surface area contributed by atoms with E-state index < -0.39 is 5.91 Å². The summed E-state index contributed by atoms with van der Waals surface area (Å²) in [6.07, 6.45) is 0. The number of carbonyl (C=O) groups is 1. The molecule has 7 heteroatoms. The van der Waals surface area contributed by atoms with E-state index in [0.29, 0.717) is 10.8 Å². The molecule has 2 rings (SSSR count). The second-order valence-electron chi connectivity index (χ2n) is 3.95. The van der Waals surface area contributed by atoms with Crippen LogP contribution in [0.15, 0.2) is 36.4 Å². The van der Waals surface area contributed by atoms with Gasteiger partial charge in [0.25, 0.3) is 5.91 Å². The summed E-state index contributed by atoms with van der Waals surface area (Å²) in [4.78, 5) is 16.1. The fraction of sp³-hybridized carbons (Fsp3) is 0.0769. The largest absolute Gasteiger partial charge is 0.347 e. The number of nitrogen functional groups attached to an aromatic ring is 1. The average molecular weight is 311 g/mol. The van der Waals surface area contributed by atoms with Gasteiger partial charge in [-0.25, -0.2) is 10.8 Å². The van der Waals surface area contributed by atoms with Crippen LogP contribution < -0.4 is 16.6 Å². The number of anilines is 1. The summed E-state index contributed by atoms with van der Waals surface area (Å²) in [6.45, 7) is 0.288. The minimum atomic E-state index is -0.396. The van der Waals surface area contributed by atoms with Gasteiger partial charge in [0.2, 0.25) is 0 Å². The van der Waals surface area contributed by atoms with Crippen LogP contribution in [0.1, 0.15) is 16.1 Å².